The summed E-state index contributed by atoms with van der Waals surface area (Å²) >= 11 is 0. The van der Waals surface area contributed by atoms with Crippen molar-refractivity contribution < 1.29 is 33.9 Å². The molecule has 1 aromatic carbocycles. The van der Waals surface area contributed by atoms with Gasteiger partial charge in [-0.3, -0.25) is 14.4 Å². The van der Waals surface area contributed by atoms with Crippen molar-refractivity contribution in [3.05, 3.63) is 35.9 Å². The predicted molar refractivity (Wildman–Crippen MR) is 79.9 cm³/mol. The van der Waals surface area contributed by atoms with E-state index < -0.39 is 17.8 Å². The zero-order valence-corrected chi connectivity index (χ0v) is 12.6. The Morgan fingerprint density at radius 2 is 1.88 bits per heavy atom. The van der Waals surface area contributed by atoms with Gasteiger partial charge in [-0.05, 0) is 25.0 Å². The number of rotatable bonds is 8. The van der Waals surface area contributed by atoms with E-state index in [9.17, 15) is 24.3 Å². The van der Waals surface area contributed by atoms with E-state index in [0.29, 0.717) is 29.9 Å². The summed E-state index contributed by atoms with van der Waals surface area (Å²) in [4.78, 5) is 49.2. The Kier molecular flexibility index (Phi) is 5.67. The molecule has 2 amide bonds. The molecule has 0 aromatic heterocycles. The number of imide groups is 1. The van der Waals surface area contributed by atoms with Crippen LogP contribution in [0.5, 0.6) is 11.5 Å². The van der Waals surface area contributed by atoms with Crippen molar-refractivity contribution >= 4 is 24.1 Å². The van der Waals surface area contributed by atoms with Crippen LogP contribution < -0.4 is 4.74 Å². The van der Waals surface area contributed by atoms with Crippen molar-refractivity contribution in [2.45, 2.75) is 19.3 Å². The molecule has 2 rings (SSSR count). The third-order valence-electron chi connectivity index (χ3n) is 3.13. The Bertz CT molecular complexity index is 678. The molecular formula is C16H15NO7. The maximum atomic E-state index is 11.5. The highest BCUT2D eigenvalue weighted by Crippen LogP contribution is 2.22. The molecule has 0 fully saturated rings. The minimum absolute atomic E-state index is 0.0236. The van der Waals surface area contributed by atoms with Crippen LogP contribution in [-0.4, -0.2) is 40.8 Å². The van der Waals surface area contributed by atoms with Crippen LogP contribution in [0.15, 0.2) is 30.4 Å². The number of hydroxylamine groups is 2. The van der Waals surface area contributed by atoms with Gasteiger partial charge in [0.25, 0.3) is 11.8 Å². The molecule has 0 bridgehead atoms. The number of hydrogen-bond acceptors (Lipinski definition) is 7. The molecule has 0 saturated heterocycles. The van der Waals surface area contributed by atoms with Gasteiger partial charge in [0.1, 0.15) is 11.5 Å². The van der Waals surface area contributed by atoms with Gasteiger partial charge in [-0.25, -0.2) is 4.79 Å². The molecule has 24 heavy (non-hydrogen) atoms. The summed E-state index contributed by atoms with van der Waals surface area (Å²) < 4.78 is 5.38. The fourth-order valence-corrected chi connectivity index (χ4v) is 1.90. The number of nitrogens with zero attached hydrogens (tertiary/aromatic N) is 1. The number of carbonyl (C=O) groups excluding carboxylic acids is 4. The Labute approximate surface area is 137 Å². The first-order chi connectivity index (χ1) is 11.5. The van der Waals surface area contributed by atoms with E-state index in [4.69, 9.17) is 4.74 Å². The molecule has 0 saturated carbocycles. The summed E-state index contributed by atoms with van der Waals surface area (Å²) in [5.41, 5.74) is 0.172. The molecule has 126 valence electrons. The third-order valence-corrected chi connectivity index (χ3v) is 3.13. The molecule has 1 heterocycles. The lowest BCUT2D eigenvalue weighted by Gasteiger charge is -2.12. The molecular weight excluding hydrogens is 318 g/mol. The molecule has 0 atom stereocenters. The lowest BCUT2D eigenvalue weighted by Crippen LogP contribution is -2.32. The number of aldehydes is 1. The quantitative estimate of drug-likeness (QED) is 0.431. The topological polar surface area (TPSA) is 110 Å². The Morgan fingerprint density at radius 1 is 1.17 bits per heavy atom. The summed E-state index contributed by atoms with van der Waals surface area (Å²) in [6, 6.07) is 4.32. The molecule has 1 aliphatic heterocycles. The number of carbonyl (C=O) groups is 4. The van der Waals surface area contributed by atoms with Gasteiger partial charge in [-0.1, -0.05) is 5.06 Å². The first-order valence-corrected chi connectivity index (χ1v) is 7.19. The van der Waals surface area contributed by atoms with Crippen LogP contribution >= 0.6 is 0 Å². The van der Waals surface area contributed by atoms with Crippen molar-refractivity contribution in [2.75, 3.05) is 6.61 Å². The Hall–Kier alpha value is -3.16. The van der Waals surface area contributed by atoms with E-state index >= 15 is 0 Å². The van der Waals surface area contributed by atoms with Crippen molar-refractivity contribution in [2.24, 2.45) is 0 Å². The first kappa shape index (κ1) is 17.2. The van der Waals surface area contributed by atoms with Gasteiger partial charge < -0.3 is 14.7 Å². The molecule has 8 heteroatoms. The average Bonchev–Trinajstić information content (AvgIpc) is 2.86. The number of hydrogen-bond donors (Lipinski definition) is 1. The standard InChI is InChI=1S/C16H15NO7/c18-10-11-4-5-12(9-13(11)19)23-8-2-1-3-16(22)24-17-14(20)6-7-15(17)21/h4-7,9-10,19H,1-3,8H2. The maximum Gasteiger partial charge on any atom is 0.333 e. The summed E-state index contributed by atoms with van der Waals surface area (Å²) in [6.07, 6.45) is 3.56. The number of amides is 2. The summed E-state index contributed by atoms with van der Waals surface area (Å²) in [6.45, 7) is 0.288. The molecule has 1 aliphatic rings. The second kappa shape index (κ2) is 7.91. The number of benzene rings is 1. The van der Waals surface area contributed by atoms with Crippen LogP contribution in [0.4, 0.5) is 0 Å². The number of aromatic hydroxyl groups is 1. The van der Waals surface area contributed by atoms with Crippen molar-refractivity contribution in [1.82, 2.24) is 5.06 Å². The minimum atomic E-state index is -0.687. The van der Waals surface area contributed by atoms with Crippen LogP contribution in [-0.2, 0) is 19.2 Å². The molecule has 0 unspecified atom stereocenters. The Balaban J connectivity index is 1.65. The molecule has 0 radical (unpaired) electrons. The third kappa shape index (κ3) is 4.42. The van der Waals surface area contributed by atoms with Gasteiger partial charge in [0.05, 0.1) is 12.2 Å². The maximum absolute atomic E-state index is 11.5. The normalized spacial score (nSPS) is 13.2. The zero-order chi connectivity index (χ0) is 17.5. The zero-order valence-electron chi connectivity index (χ0n) is 12.6. The lowest BCUT2D eigenvalue weighted by atomic mass is 10.2. The molecule has 1 aromatic rings. The van der Waals surface area contributed by atoms with E-state index in [-0.39, 0.29) is 24.3 Å². The second-order valence-electron chi connectivity index (χ2n) is 4.91. The van der Waals surface area contributed by atoms with Crippen molar-refractivity contribution in [3.63, 3.8) is 0 Å². The van der Waals surface area contributed by atoms with Crippen LogP contribution in [0.25, 0.3) is 0 Å². The van der Waals surface area contributed by atoms with Gasteiger partial charge in [0, 0.05) is 24.6 Å². The van der Waals surface area contributed by atoms with Crippen LogP contribution in [0.1, 0.15) is 29.6 Å². The number of ether oxygens (including phenoxy) is 1. The number of unbranched alkanes of at least 4 members (excludes halogenated alkanes) is 1. The highest BCUT2D eigenvalue weighted by atomic mass is 16.7. The van der Waals surface area contributed by atoms with Gasteiger partial charge in [0.15, 0.2) is 6.29 Å². The second-order valence-corrected chi connectivity index (χ2v) is 4.91. The summed E-state index contributed by atoms with van der Waals surface area (Å²) in [5.74, 6) is -1.82. The van der Waals surface area contributed by atoms with Gasteiger partial charge in [-0.15, -0.1) is 0 Å². The van der Waals surface area contributed by atoms with Crippen molar-refractivity contribution in [1.29, 1.82) is 0 Å². The smallest absolute Gasteiger partial charge is 0.333 e. The summed E-state index contributed by atoms with van der Waals surface area (Å²) in [5, 5.41) is 9.92. The first-order valence-electron chi connectivity index (χ1n) is 7.19. The van der Waals surface area contributed by atoms with Crippen LogP contribution in [0.2, 0.25) is 0 Å². The fraction of sp³-hybridized carbons (Fsp3) is 0.250. The highest BCUT2D eigenvalue weighted by molar-refractivity contribution is 6.12. The van der Waals surface area contributed by atoms with E-state index in [0.717, 1.165) is 12.2 Å². The van der Waals surface area contributed by atoms with E-state index in [1.165, 1.54) is 12.1 Å². The molecule has 0 spiro atoms. The SMILES string of the molecule is O=Cc1ccc(OCCCCC(=O)ON2C(=O)C=CC2=O)cc1O. The fourth-order valence-electron chi connectivity index (χ4n) is 1.90. The molecule has 1 N–H and O–H groups in total. The minimum Gasteiger partial charge on any atom is -0.507 e. The average molecular weight is 333 g/mol. The molecule has 8 nitrogen and oxygen atoms in total. The highest BCUT2D eigenvalue weighted by Gasteiger charge is 2.27. The number of phenolic OH excluding ortho intramolecular Hbond substituents is 1. The monoisotopic (exact) mass is 333 g/mol. The largest absolute Gasteiger partial charge is 0.507 e. The van der Waals surface area contributed by atoms with Gasteiger partial charge in [0.2, 0.25) is 0 Å². The lowest BCUT2D eigenvalue weighted by molar-refractivity contribution is -0.196. The molecule has 0 aliphatic carbocycles. The van der Waals surface area contributed by atoms with Crippen molar-refractivity contribution in [3.8, 4) is 11.5 Å². The van der Waals surface area contributed by atoms with Crippen LogP contribution in [0.3, 0.4) is 0 Å². The van der Waals surface area contributed by atoms with Crippen LogP contribution in [0, 0.1) is 0 Å². The van der Waals surface area contributed by atoms with Gasteiger partial charge in [-0.2, -0.15) is 0 Å². The van der Waals surface area contributed by atoms with E-state index in [2.05, 4.69) is 4.84 Å². The summed E-state index contributed by atoms with van der Waals surface area (Å²) in [7, 11) is 0. The van der Waals surface area contributed by atoms with Gasteiger partial charge >= 0.3 is 5.97 Å². The van der Waals surface area contributed by atoms with E-state index in [1.807, 2.05) is 0 Å². The number of phenols is 1. The van der Waals surface area contributed by atoms with E-state index in [1.54, 1.807) is 6.07 Å². The Morgan fingerprint density at radius 3 is 2.50 bits per heavy atom. The predicted octanol–water partition coefficient (Wildman–Crippen LogP) is 1.14.